The monoisotopic (exact) mass is 310 g/mol. The zero-order valence-electron chi connectivity index (χ0n) is 12.8. The molecule has 1 aromatic rings. The first-order valence-corrected chi connectivity index (χ1v) is 7.27. The minimum Gasteiger partial charge on any atom is -0.466 e. The molecule has 0 bridgehead atoms. The highest BCUT2D eigenvalue weighted by molar-refractivity contribution is 5.89. The number of esters is 2. The van der Waals surface area contributed by atoms with Crippen molar-refractivity contribution in [1.82, 2.24) is 0 Å². The van der Waals surface area contributed by atoms with Gasteiger partial charge in [0.25, 0.3) is 0 Å². The molecule has 0 radical (unpaired) electrons. The molecule has 0 unspecified atom stereocenters. The first-order valence-electron chi connectivity index (χ1n) is 7.27. The van der Waals surface area contributed by atoms with Crippen molar-refractivity contribution in [3.05, 3.63) is 35.9 Å². The molecule has 22 heavy (non-hydrogen) atoms. The lowest BCUT2D eigenvalue weighted by atomic mass is 10.2. The molecule has 0 fully saturated rings. The van der Waals surface area contributed by atoms with Gasteiger partial charge in [-0.15, -0.1) is 0 Å². The number of rotatable bonds is 11. The SMILES string of the molecule is CCOC(=O)CCOCCOCCOC(=O)c1ccccc1. The van der Waals surface area contributed by atoms with Gasteiger partial charge in [-0.3, -0.25) is 4.79 Å². The molecule has 0 aromatic heterocycles. The average molecular weight is 310 g/mol. The van der Waals surface area contributed by atoms with E-state index in [2.05, 4.69) is 0 Å². The normalized spacial score (nSPS) is 10.2. The van der Waals surface area contributed by atoms with E-state index in [0.717, 1.165) is 0 Å². The smallest absolute Gasteiger partial charge is 0.338 e. The summed E-state index contributed by atoms with van der Waals surface area (Å²) in [5.41, 5.74) is 0.518. The summed E-state index contributed by atoms with van der Waals surface area (Å²) in [6, 6.07) is 8.78. The summed E-state index contributed by atoms with van der Waals surface area (Å²) in [7, 11) is 0. The fourth-order valence-electron chi connectivity index (χ4n) is 1.56. The van der Waals surface area contributed by atoms with Gasteiger partial charge in [0.05, 0.1) is 45.0 Å². The molecule has 0 heterocycles. The van der Waals surface area contributed by atoms with Gasteiger partial charge in [0, 0.05) is 0 Å². The predicted molar refractivity (Wildman–Crippen MR) is 79.6 cm³/mol. The molecule has 1 rings (SSSR count). The van der Waals surface area contributed by atoms with Crippen LogP contribution in [0.1, 0.15) is 23.7 Å². The van der Waals surface area contributed by atoms with Crippen LogP contribution in [0.2, 0.25) is 0 Å². The van der Waals surface area contributed by atoms with Crippen LogP contribution >= 0.6 is 0 Å². The maximum atomic E-state index is 11.6. The van der Waals surface area contributed by atoms with Crippen molar-refractivity contribution in [3.8, 4) is 0 Å². The third-order valence-electron chi connectivity index (χ3n) is 2.60. The minimum absolute atomic E-state index is 0.191. The lowest BCUT2D eigenvalue weighted by molar-refractivity contribution is -0.144. The van der Waals surface area contributed by atoms with E-state index in [0.29, 0.717) is 38.6 Å². The van der Waals surface area contributed by atoms with Crippen LogP contribution in [0.25, 0.3) is 0 Å². The molecule has 0 aliphatic rings. The lowest BCUT2D eigenvalue weighted by Crippen LogP contribution is -2.14. The Hall–Kier alpha value is -1.92. The molecule has 1 aromatic carbocycles. The third-order valence-corrected chi connectivity index (χ3v) is 2.60. The van der Waals surface area contributed by atoms with E-state index in [1.807, 2.05) is 6.07 Å². The zero-order valence-corrected chi connectivity index (χ0v) is 12.8. The first kappa shape index (κ1) is 18.1. The van der Waals surface area contributed by atoms with Gasteiger partial charge in [-0.05, 0) is 19.1 Å². The quantitative estimate of drug-likeness (QED) is 0.459. The number of ether oxygens (including phenoxy) is 4. The van der Waals surface area contributed by atoms with Crippen molar-refractivity contribution < 1.29 is 28.5 Å². The Bertz CT molecular complexity index is 432. The van der Waals surface area contributed by atoms with Crippen LogP contribution in [0.4, 0.5) is 0 Å². The molecule has 6 heteroatoms. The topological polar surface area (TPSA) is 71.1 Å². The van der Waals surface area contributed by atoms with Crippen molar-refractivity contribution in [1.29, 1.82) is 0 Å². The molecule has 0 aliphatic heterocycles. The van der Waals surface area contributed by atoms with Crippen molar-refractivity contribution in [2.24, 2.45) is 0 Å². The van der Waals surface area contributed by atoms with E-state index in [9.17, 15) is 9.59 Å². The van der Waals surface area contributed by atoms with Crippen molar-refractivity contribution in [2.75, 3.05) is 39.6 Å². The van der Waals surface area contributed by atoms with E-state index in [1.165, 1.54) is 0 Å². The maximum absolute atomic E-state index is 11.6. The second-order valence-corrected chi connectivity index (χ2v) is 4.28. The molecule has 0 saturated heterocycles. The van der Waals surface area contributed by atoms with Crippen LogP contribution in [0.5, 0.6) is 0 Å². The van der Waals surface area contributed by atoms with Crippen LogP contribution in [0.15, 0.2) is 30.3 Å². The molecule has 6 nitrogen and oxygen atoms in total. The van der Waals surface area contributed by atoms with Gasteiger partial charge in [-0.25, -0.2) is 4.79 Å². The molecule has 0 amide bonds. The van der Waals surface area contributed by atoms with Gasteiger partial charge in [0.1, 0.15) is 6.61 Å². The minimum atomic E-state index is -0.366. The van der Waals surface area contributed by atoms with Crippen molar-refractivity contribution in [3.63, 3.8) is 0 Å². The third kappa shape index (κ3) is 8.39. The highest BCUT2D eigenvalue weighted by Crippen LogP contribution is 2.00. The van der Waals surface area contributed by atoms with Crippen LogP contribution < -0.4 is 0 Å². The van der Waals surface area contributed by atoms with Crippen LogP contribution in [-0.4, -0.2) is 51.6 Å². The van der Waals surface area contributed by atoms with E-state index < -0.39 is 0 Å². The average Bonchev–Trinajstić information content (AvgIpc) is 2.54. The van der Waals surface area contributed by atoms with E-state index in [-0.39, 0.29) is 25.0 Å². The Balaban J connectivity index is 1.92. The molecule has 0 spiro atoms. The van der Waals surface area contributed by atoms with Crippen LogP contribution in [-0.2, 0) is 23.7 Å². The molecular weight excluding hydrogens is 288 g/mol. The number of hydrogen-bond donors (Lipinski definition) is 0. The summed E-state index contributed by atoms with van der Waals surface area (Å²) in [4.78, 5) is 22.6. The molecule has 0 atom stereocenters. The fraction of sp³-hybridized carbons (Fsp3) is 0.500. The fourth-order valence-corrected chi connectivity index (χ4v) is 1.56. The number of benzene rings is 1. The predicted octanol–water partition coefficient (Wildman–Crippen LogP) is 1.83. The van der Waals surface area contributed by atoms with Crippen molar-refractivity contribution >= 4 is 11.9 Å². The second kappa shape index (κ2) is 11.7. The summed E-state index contributed by atoms with van der Waals surface area (Å²) in [5, 5.41) is 0. The summed E-state index contributed by atoms with van der Waals surface area (Å²) < 4.78 is 20.3. The number of hydrogen-bond acceptors (Lipinski definition) is 6. The van der Waals surface area contributed by atoms with Gasteiger partial charge in [0.15, 0.2) is 0 Å². The summed E-state index contributed by atoms with van der Waals surface area (Å²) in [5.74, 6) is -0.633. The molecule has 0 aliphatic carbocycles. The second-order valence-electron chi connectivity index (χ2n) is 4.28. The Morgan fingerprint density at radius 1 is 0.864 bits per heavy atom. The van der Waals surface area contributed by atoms with Gasteiger partial charge >= 0.3 is 11.9 Å². The Labute approximate surface area is 130 Å². The highest BCUT2D eigenvalue weighted by Gasteiger charge is 2.05. The highest BCUT2D eigenvalue weighted by atomic mass is 16.6. The van der Waals surface area contributed by atoms with Crippen molar-refractivity contribution in [2.45, 2.75) is 13.3 Å². The molecular formula is C16H22O6. The van der Waals surface area contributed by atoms with Gasteiger partial charge < -0.3 is 18.9 Å². The number of carbonyl (C=O) groups is 2. The number of carbonyl (C=O) groups excluding carboxylic acids is 2. The van der Waals surface area contributed by atoms with Crippen LogP contribution in [0.3, 0.4) is 0 Å². The largest absolute Gasteiger partial charge is 0.466 e. The zero-order chi connectivity index (χ0) is 16.0. The van der Waals surface area contributed by atoms with Gasteiger partial charge in [-0.1, -0.05) is 18.2 Å². The van der Waals surface area contributed by atoms with Crippen LogP contribution in [0, 0.1) is 0 Å². The maximum Gasteiger partial charge on any atom is 0.338 e. The van der Waals surface area contributed by atoms with Gasteiger partial charge in [0.2, 0.25) is 0 Å². The Morgan fingerprint density at radius 2 is 1.50 bits per heavy atom. The van der Waals surface area contributed by atoms with E-state index >= 15 is 0 Å². The van der Waals surface area contributed by atoms with E-state index in [1.54, 1.807) is 31.2 Å². The molecule has 0 saturated carbocycles. The summed E-state index contributed by atoms with van der Waals surface area (Å²) in [6.45, 7) is 3.71. The first-order chi connectivity index (χ1) is 10.7. The Morgan fingerprint density at radius 3 is 2.18 bits per heavy atom. The standard InChI is InChI=1S/C16H22O6/c1-2-21-15(17)8-9-19-10-11-20-12-13-22-16(18)14-6-4-3-5-7-14/h3-7H,2,8-13H2,1H3. The molecule has 0 N–H and O–H groups in total. The lowest BCUT2D eigenvalue weighted by Gasteiger charge is -2.07. The summed E-state index contributed by atoms with van der Waals surface area (Å²) >= 11 is 0. The van der Waals surface area contributed by atoms with Gasteiger partial charge in [-0.2, -0.15) is 0 Å². The molecule has 122 valence electrons. The Kier molecular flexibility index (Phi) is 9.65. The van der Waals surface area contributed by atoms with E-state index in [4.69, 9.17) is 18.9 Å². The summed E-state index contributed by atoms with van der Waals surface area (Å²) in [6.07, 6.45) is 0.239.